The minimum atomic E-state index is -0.574. The Bertz CT molecular complexity index is 943. The normalized spacial score (nSPS) is 16.5. The topological polar surface area (TPSA) is 64.4 Å². The number of aromatic nitrogens is 1. The van der Waals surface area contributed by atoms with Gasteiger partial charge in [0.05, 0.1) is 5.54 Å². The fraction of sp³-hybridized carbons (Fsp3) is 0.300. The first kappa shape index (κ1) is 16.7. The van der Waals surface area contributed by atoms with E-state index in [1.165, 1.54) is 12.1 Å². The molecule has 0 radical (unpaired) electrons. The summed E-state index contributed by atoms with van der Waals surface area (Å²) in [5, 5.41) is 3.15. The minimum absolute atomic E-state index is 0.202. The summed E-state index contributed by atoms with van der Waals surface area (Å²) in [4.78, 5) is 17.2. The van der Waals surface area contributed by atoms with Crippen molar-refractivity contribution in [3.05, 3.63) is 65.3 Å². The smallest absolute Gasteiger partial charge is 0.252 e. The second-order valence-electron chi connectivity index (χ2n) is 6.57. The number of hydrogen-bond acceptors (Lipinski definition) is 4. The molecule has 3 aromatic rings. The van der Waals surface area contributed by atoms with Crippen LogP contribution in [0.4, 0.5) is 4.39 Å². The Morgan fingerprint density at radius 2 is 1.88 bits per heavy atom. The van der Waals surface area contributed by atoms with Gasteiger partial charge in [-0.3, -0.25) is 4.79 Å². The lowest BCUT2D eigenvalue weighted by molar-refractivity contribution is 0.0345. The number of oxazole rings is 1. The van der Waals surface area contributed by atoms with E-state index in [4.69, 9.17) is 9.15 Å². The number of benzene rings is 2. The average molecular weight is 354 g/mol. The van der Waals surface area contributed by atoms with Crippen molar-refractivity contribution < 1.29 is 18.3 Å². The number of aryl methyl sites for hydroxylation is 1. The van der Waals surface area contributed by atoms with Crippen LogP contribution in [0, 0.1) is 12.7 Å². The van der Waals surface area contributed by atoms with Crippen molar-refractivity contribution in [2.24, 2.45) is 0 Å². The second kappa shape index (κ2) is 6.53. The summed E-state index contributed by atoms with van der Waals surface area (Å²) in [6.07, 6.45) is 1.27. The molecule has 0 atom stereocenters. The van der Waals surface area contributed by atoms with E-state index in [0.717, 1.165) is 11.1 Å². The van der Waals surface area contributed by atoms with Gasteiger partial charge in [0.1, 0.15) is 11.3 Å². The molecule has 134 valence electrons. The number of hydrogen-bond donors (Lipinski definition) is 1. The summed E-state index contributed by atoms with van der Waals surface area (Å²) in [6, 6.07) is 11.5. The first-order valence-electron chi connectivity index (χ1n) is 8.59. The molecule has 5 nitrogen and oxygen atoms in total. The number of rotatable bonds is 3. The van der Waals surface area contributed by atoms with Gasteiger partial charge in [-0.1, -0.05) is 12.1 Å². The van der Waals surface area contributed by atoms with Crippen LogP contribution >= 0.6 is 0 Å². The van der Waals surface area contributed by atoms with E-state index in [1.54, 1.807) is 37.3 Å². The molecule has 6 heteroatoms. The summed E-state index contributed by atoms with van der Waals surface area (Å²) in [6.45, 7) is 2.85. The second-order valence-corrected chi connectivity index (χ2v) is 6.57. The Morgan fingerprint density at radius 3 is 2.62 bits per heavy atom. The summed E-state index contributed by atoms with van der Waals surface area (Å²) >= 11 is 0. The van der Waals surface area contributed by atoms with Gasteiger partial charge >= 0.3 is 0 Å². The number of amides is 1. The van der Waals surface area contributed by atoms with Gasteiger partial charge in [0.2, 0.25) is 0 Å². The van der Waals surface area contributed by atoms with Crippen molar-refractivity contribution in [2.75, 3.05) is 13.2 Å². The lowest BCUT2D eigenvalue weighted by atomic mass is 9.82. The number of carbonyl (C=O) groups is 1. The van der Waals surface area contributed by atoms with Crippen molar-refractivity contribution in [1.82, 2.24) is 10.3 Å². The van der Waals surface area contributed by atoms with Crippen LogP contribution in [-0.2, 0) is 10.3 Å². The number of halogens is 1. The molecule has 26 heavy (non-hydrogen) atoms. The quantitative estimate of drug-likeness (QED) is 0.779. The number of nitrogens with one attached hydrogen (secondary N) is 1. The minimum Gasteiger partial charge on any atom is -0.441 e. The maximum absolute atomic E-state index is 13.3. The Labute approximate surface area is 150 Å². The largest absolute Gasteiger partial charge is 0.441 e. The van der Waals surface area contributed by atoms with Gasteiger partial charge in [-0.2, -0.15) is 0 Å². The third-order valence-electron chi connectivity index (χ3n) is 4.85. The summed E-state index contributed by atoms with van der Waals surface area (Å²) in [5.74, 6) is 0.0605. The molecule has 2 aromatic carbocycles. The Kier molecular flexibility index (Phi) is 4.20. The highest BCUT2D eigenvalue weighted by atomic mass is 19.1. The monoisotopic (exact) mass is 354 g/mol. The van der Waals surface area contributed by atoms with E-state index in [9.17, 15) is 9.18 Å². The number of ether oxygens (including phenoxy) is 1. The van der Waals surface area contributed by atoms with Crippen LogP contribution in [0.1, 0.15) is 34.7 Å². The van der Waals surface area contributed by atoms with Crippen molar-refractivity contribution in [2.45, 2.75) is 25.3 Å². The SMILES string of the molecule is Cc1nc2ccc(C(=O)NC3(c4ccc(F)cc4)CCOCC3)cc2o1. The standard InChI is InChI=1S/C20H19FN2O3/c1-13-22-17-7-2-14(12-18(17)26-13)19(24)23-20(8-10-25-11-9-20)15-3-5-16(21)6-4-15/h2-7,12H,8-11H2,1H3,(H,23,24). The fourth-order valence-corrected chi connectivity index (χ4v) is 3.45. The van der Waals surface area contributed by atoms with Gasteiger partial charge in [-0.15, -0.1) is 0 Å². The molecule has 0 saturated carbocycles. The van der Waals surface area contributed by atoms with Crippen LogP contribution in [0.3, 0.4) is 0 Å². The van der Waals surface area contributed by atoms with Gasteiger partial charge in [-0.25, -0.2) is 9.37 Å². The van der Waals surface area contributed by atoms with Crippen LogP contribution in [0.25, 0.3) is 11.1 Å². The molecule has 1 aromatic heterocycles. The highest BCUT2D eigenvalue weighted by molar-refractivity contribution is 5.97. The van der Waals surface area contributed by atoms with Crippen molar-refractivity contribution in [1.29, 1.82) is 0 Å². The molecule has 1 aliphatic heterocycles. The van der Waals surface area contributed by atoms with Crippen LogP contribution < -0.4 is 5.32 Å². The third-order valence-corrected chi connectivity index (χ3v) is 4.85. The molecule has 2 heterocycles. The molecule has 0 aliphatic carbocycles. The maximum Gasteiger partial charge on any atom is 0.252 e. The van der Waals surface area contributed by atoms with Crippen LogP contribution in [0.2, 0.25) is 0 Å². The number of nitrogens with zero attached hydrogens (tertiary/aromatic N) is 1. The van der Waals surface area contributed by atoms with Gasteiger partial charge in [0.25, 0.3) is 5.91 Å². The lowest BCUT2D eigenvalue weighted by Crippen LogP contribution is -2.49. The zero-order valence-corrected chi connectivity index (χ0v) is 14.4. The summed E-state index contributed by atoms with van der Waals surface area (Å²) < 4.78 is 24.3. The number of carbonyl (C=O) groups excluding carboxylic acids is 1. The molecule has 0 unspecified atom stereocenters. The molecule has 1 saturated heterocycles. The lowest BCUT2D eigenvalue weighted by Gasteiger charge is -2.38. The molecule has 1 amide bonds. The molecular formula is C20H19FN2O3. The summed E-state index contributed by atoms with van der Waals surface area (Å²) in [5.41, 5.74) is 2.11. The molecule has 0 bridgehead atoms. The highest BCUT2D eigenvalue weighted by Crippen LogP contribution is 2.33. The third kappa shape index (κ3) is 3.08. The zero-order chi connectivity index (χ0) is 18.1. The molecule has 1 N–H and O–H groups in total. The summed E-state index contributed by atoms with van der Waals surface area (Å²) in [7, 11) is 0. The van der Waals surface area contributed by atoms with Crippen LogP contribution in [0.5, 0.6) is 0 Å². The predicted molar refractivity (Wildman–Crippen MR) is 94.3 cm³/mol. The van der Waals surface area contributed by atoms with Gasteiger partial charge in [-0.05, 0) is 48.7 Å². The Balaban J connectivity index is 1.65. The first-order chi connectivity index (χ1) is 12.6. The first-order valence-corrected chi connectivity index (χ1v) is 8.59. The van der Waals surface area contributed by atoms with Crippen molar-refractivity contribution >= 4 is 17.0 Å². The maximum atomic E-state index is 13.3. The molecule has 1 aliphatic rings. The van der Waals surface area contributed by atoms with E-state index in [2.05, 4.69) is 10.3 Å². The Hall–Kier alpha value is -2.73. The predicted octanol–water partition coefficient (Wildman–Crippen LogP) is 3.71. The zero-order valence-electron chi connectivity index (χ0n) is 14.4. The fourth-order valence-electron chi connectivity index (χ4n) is 3.45. The van der Waals surface area contributed by atoms with E-state index in [-0.39, 0.29) is 11.7 Å². The van der Waals surface area contributed by atoms with Gasteiger partial charge in [0, 0.05) is 25.7 Å². The molecule has 4 rings (SSSR count). The highest BCUT2D eigenvalue weighted by Gasteiger charge is 2.36. The van der Waals surface area contributed by atoms with E-state index < -0.39 is 5.54 Å². The van der Waals surface area contributed by atoms with Crippen molar-refractivity contribution in [3.8, 4) is 0 Å². The van der Waals surface area contributed by atoms with Crippen LogP contribution in [-0.4, -0.2) is 24.1 Å². The average Bonchev–Trinajstić information content (AvgIpc) is 3.02. The van der Waals surface area contributed by atoms with Crippen LogP contribution in [0.15, 0.2) is 46.9 Å². The van der Waals surface area contributed by atoms with E-state index in [1.807, 2.05) is 0 Å². The number of fused-ring (bicyclic) bond motifs is 1. The van der Waals surface area contributed by atoms with E-state index in [0.29, 0.717) is 43.1 Å². The van der Waals surface area contributed by atoms with Crippen molar-refractivity contribution in [3.63, 3.8) is 0 Å². The molecule has 0 spiro atoms. The Morgan fingerprint density at radius 1 is 1.15 bits per heavy atom. The van der Waals surface area contributed by atoms with Gasteiger partial charge < -0.3 is 14.5 Å². The van der Waals surface area contributed by atoms with E-state index >= 15 is 0 Å². The van der Waals surface area contributed by atoms with Gasteiger partial charge in [0.15, 0.2) is 11.5 Å². The molecular weight excluding hydrogens is 335 g/mol. The molecule has 1 fully saturated rings.